The number of hydrogen-bond acceptors (Lipinski definition) is 5. The van der Waals surface area contributed by atoms with E-state index in [-0.39, 0.29) is 24.0 Å². The maximum Gasteiger partial charge on any atom is 0.273 e. The van der Waals surface area contributed by atoms with E-state index in [0.717, 1.165) is 0 Å². The minimum Gasteiger partial charge on any atom is -0.493 e. The Morgan fingerprint density at radius 1 is 1.53 bits per heavy atom. The molecule has 0 aliphatic heterocycles. The Kier molecular flexibility index (Phi) is 4.29. The molecular formula is C11H12N2O4. The van der Waals surface area contributed by atoms with Crippen molar-refractivity contribution < 1.29 is 14.4 Å². The predicted octanol–water partition coefficient (Wildman–Crippen LogP) is 2.28. The van der Waals surface area contributed by atoms with E-state index in [0.29, 0.717) is 5.75 Å². The standard InChI is InChI=1S/C11H12N2O4/c1-8(5-6-12)17-10-4-3-9(13(14)15)7-11(10)16-2/h3-4,7-8H,5H2,1-2H3. The van der Waals surface area contributed by atoms with Crippen LogP contribution in [-0.4, -0.2) is 18.1 Å². The molecular weight excluding hydrogens is 224 g/mol. The number of methoxy groups -OCH3 is 1. The molecule has 1 aromatic carbocycles. The summed E-state index contributed by atoms with van der Waals surface area (Å²) in [6.45, 7) is 1.74. The van der Waals surface area contributed by atoms with Crippen molar-refractivity contribution in [3.63, 3.8) is 0 Å². The van der Waals surface area contributed by atoms with Crippen LogP contribution in [0.4, 0.5) is 5.69 Å². The molecule has 90 valence electrons. The third-order valence-corrected chi connectivity index (χ3v) is 2.06. The Labute approximate surface area is 98.5 Å². The van der Waals surface area contributed by atoms with Crippen LogP contribution in [0, 0.1) is 21.4 Å². The zero-order valence-electron chi connectivity index (χ0n) is 9.54. The highest BCUT2D eigenvalue weighted by molar-refractivity contribution is 5.48. The lowest BCUT2D eigenvalue weighted by Gasteiger charge is -2.14. The maximum atomic E-state index is 10.6. The zero-order valence-corrected chi connectivity index (χ0v) is 9.54. The SMILES string of the molecule is COc1cc([N+](=O)[O-])ccc1OC(C)CC#N. The summed E-state index contributed by atoms with van der Waals surface area (Å²) in [5.41, 5.74) is -0.0675. The van der Waals surface area contributed by atoms with Crippen LogP contribution in [0.2, 0.25) is 0 Å². The lowest BCUT2D eigenvalue weighted by atomic mass is 10.2. The van der Waals surface area contributed by atoms with Gasteiger partial charge in [-0.15, -0.1) is 0 Å². The Morgan fingerprint density at radius 2 is 2.24 bits per heavy atom. The number of nitro groups is 1. The molecule has 0 radical (unpaired) electrons. The Hall–Kier alpha value is -2.29. The summed E-state index contributed by atoms with van der Waals surface area (Å²) in [6, 6.07) is 6.06. The van der Waals surface area contributed by atoms with E-state index in [2.05, 4.69) is 0 Å². The Balaban J connectivity index is 2.93. The molecule has 0 saturated heterocycles. The molecule has 0 aliphatic rings. The minimum absolute atomic E-state index is 0.0675. The van der Waals surface area contributed by atoms with Gasteiger partial charge in [0.2, 0.25) is 0 Å². The molecule has 1 rings (SSSR count). The monoisotopic (exact) mass is 236 g/mol. The number of hydrogen-bond donors (Lipinski definition) is 0. The molecule has 0 amide bonds. The first-order chi connectivity index (χ1) is 8.08. The highest BCUT2D eigenvalue weighted by Crippen LogP contribution is 2.31. The van der Waals surface area contributed by atoms with Crippen molar-refractivity contribution in [1.82, 2.24) is 0 Å². The number of rotatable bonds is 5. The van der Waals surface area contributed by atoms with E-state index >= 15 is 0 Å². The van der Waals surface area contributed by atoms with Crippen LogP contribution in [0.3, 0.4) is 0 Å². The molecule has 0 N–H and O–H groups in total. The van der Waals surface area contributed by atoms with Gasteiger partial charge < -0.3 is 9.47 Å². The highest BCUT2D eigenvalue weighted by Gasteiger charge is 2.14. The molecule has 0 saturated carbocycles. The van der Waals surface area contributed by atoms with Gasteiger partial charge in [0.1, 0.15) is 6.10 Å². The summed E-state index contributed by atoms with van der Waals surface area (Å²) in [6.07, 6.45) is -0.0597. The van der Waals surface area contributed by atoms with Gasteiger partial charge in [-0.2, -0.15) is 5.26 Å². The molecule has 1 unspecified atom stereocenters. The average molecular weight is 236 g/mol. The van der Waals surface area contributed by atoms with Gasteiger partial charge in [-0.05, 0) is 13.0 Å². The van der Waals surface area contributed by atoms with Gasteiger partial charge in [0, 0.05) is 6.07 Å². The van der Waals surface area contributed by atoms with Crippen molar-refractivity contribution in [2.24, 2.45) is 0 Å². The van der Waals surface area contributed by atoms with Crippen LogP contribution in [0.25, 0.3) is 0 Å². The van der Waals surface area contributed by atoms with Crippen molar-refractivity contribution in [3.05, 3.63) is 28.3 Å². The van der Waals surface area contributed by atoms with E-state index in [9.17, 15) is 10.1 Å². The quantitative estimate of drug-likeness (QED) is 0.578. The van der Waals surface area contributed by atoms with E-state index in [4.69, 9.17) is 14.7 Å². The molecule has 1 atom stereocenters. The van der Waals surface area contributed by atoms with Gasteiger partial charge in [0.25, 0.3) is 5.69 Å². The van der Waals surface area contributed by atoms with Crippen LogP contribution in [0.15, 0.2) is 18.2 Å². The van der Waals surface area contributed by atoms with Gasteiger partial charge in [-0.3, -0.25) is 10.1 Å². The number of ether oxygens (including phenoxy) is 2. The third kappa shape index (κ3) is 3.34. The molecule has 17 heavy (non-hydrogen) atoms. The highest BCUT2D eigenvalue weighted by atomic mass is 16.6. The predicted molar refractivity (Wildman–Crippen MR) is 60.0 cm³/mol. The van der Waals surface area contributed by atoms with E-state index < -0.39 is 4.92 Å². The van der Waals surface area contributed by atoms with Crippen LogP contribution < -0.4 is 9.47 Å². The van der Waals surface area contributed by atoms with Crippen molar-refractivity contribution in [2.45, 2.75) is 19.4 Å². The van der Waals surface area contributed by atoms with Crippen molar-refractivity contribution >= 4 is 5.69 Å². The Bertz CT molecular complexity index is 453. The van der Waals surface area contributed by atoms with Gasteiger partial charge in [0.05, 0.1) is 30.6 Å². The smallest absolute Gasteiger partial charge is 0.273 e. The molecule has 6 nitrogen and oxygen atoms in total. The summed E-state index contributed by atoms with van der Waals surface area (Å²) >= 11 is 0. The van der Waals surface area contributed by atoms with Gasteiger partial charge in [0.15, 0.2) is 11.5 Å². The van der Waals surface area contributed by atoms with Gasteiger partial charge in [-0.1, -0.05) is 0 Å². The topological polar surface area (TPSA) is 85.4 Å². The Morgan fingerprint density at radius 3 is 2.76 bits per heavy atom. The van der Waals surface area contributed by atoms with Crippen molar-refractivity contribution in [2.75, 3.05) is 7.11 Å². The first-order valence-corrected chi connectivity index (χ1v) is 4.94. The number of non-ortho nitro benzene ring substituents is 1. The molecule has 1 aromatic rings. The fraction of sp³-hybridized carbons (Fsp3) is 0.364. The maximum absolute atomic E-state index is 10.6. The van der Waals surface area contributed by atoms with Crippen LogP contribution in [-0.2, 0) is 0 Å². The number of nitriles is 1. The van der Waals surface area contributed by atoms with Gasteiger partial charge in [-0.25, -0.2) is 0 Å². The van der Waals surface area contributed by atoms with E-state index in [1.54, 1.807) is 6.92 Å². The van der Waals surface area contributed by atoms with Crippen molar-refractivity contribution in [3.8, 4) is 17.6 Å². The second-order valence-electron chi connectivity index (χ2n) is 3.38. The molecule has 0 aromatic heterocycles. The van der Waals surface area contributed by atoms with Crippen molar-refractivity contribution in [1.29, 1.82) is 5.26 Å². The number of nitro benzene ring substituents is 1. The summed E-state index contributed by atoms with van der Waals surface area (Å²) in [7, 11) is 1.40. The van der Waals surface area contributed by atoms with Crippen LogP contribution in [0.5, 0.6) is 11.5 Å². The molecule has 0 heterocycles. The van der Waals surface area contributed by atoms with Gasteiger partial charge >= 0.3 is 0 Å². The number of benzene rings is 1. The molecule has 0 spiro atoms. The van der Waals surface area contributed by atoms with Crippen LogP contribution >= 0.6 is 0 Å². The first-order valence-electron chi connectivity index (χ1n) is 4.94. The second-order valence-corrected chi connectivity index (χ2v) is 3.38. The second kappa shape index (κ2) is 5.70. The third-order valence-electron chi connectivity index (χ3n) is 2.06. The molecule has 0 aliphatic carbocycles. The lowest BCUT2D eigenvalue weighted by molar-refractivity contribution is -0.385. The fourth-order valence-corrected chi connectivity index (χ4v) is 1.25. The first kappa shape index (κ1) is 12.8. The molecule has 6 heteroatoms. The summed E-state index contributed by atoms with van der Waals surface area (Å²) < 4.78 is 10.4. The normalized spacial score (nSPS) is 11.4. The lowest BCUT2D eigenvalue weighted by Crippen LogP contribution is -2.11. The van der Waals surface area contributed by atoms with E-state index in [1.807, 2.05) is 6.07 Å². The van der Waals surface area contributed by atoms with Crippen LogP contribution in [0.1, 0.15) is 13.3 Å². The summed E-state index contributed by atoms with van der Waals surface area (Å²) in [4.78, 5) is 10.1. The molecule has 0 bridgehead atoms. The largest absolute Gasteiger partial charge is 0.493 e. The minimum atomic E-state index is -0.509. The summed E-state index contributed by atoms with van der Waals surface area (Å²) in [5, 5.41) is 19.1. The zero-order chi connectivity index (χ0) is 12.8. The fourth-order valence-electron chi connectivity index (χ4n) is 1.25. The van der Waals surface area contributed by atoms with E-state index in [1.165, 1.54) is 25.3 Å². The number of nitrogens with zero attached hydrogens (tertiary/aromatic N) is 2. The summed E-state index contributed by atoms with van der Waals surface area (Å²) in [5.74, 6) is 0.671. The molecule has 0 fully saturated rings. The average Bonchev–Trinajstić information content (AvgIpc) is 2.29.